The van der Waals surface area contributed by atoms with Gasteiger partial charge in [-0.15, -0.1) is 0 Å². The Morgan fingerprint density at radius 3 is 2.68 bits per heavy atom. The van der Waals surface area contributed by atoms with E-state index < -0.39 is 0 Å². The van der Waals surface area contributed by atoms with E-state index in [1.807, 2.05) is 0 Å². The summed E-state index contributed by atoms with van der Waals surface area (Å²) >= 11 is 0. The summed E-state index contributed by atoms with van der Waals surface area (Å²) in [6.07, 6.45) is 9.33. The van der Waals surface area contributed by atoms with Crippen LogP contribution in [0.4, 0.5) is 0 Å². The van der Waals surface area contributed by atoms with Crippen LogP contribution in [0, 0.1) is 5.41 Å². The smallest absolute Gasteiger partial charge is 0.0333 e. The third-order valence-corrected chi connectivity index (χ3v) is 5.87. The summed E-state index contributed by atoms with van der Waals surface area (Å²) in [5.74, 6) is 0. The average molecular weight is 265 g/mol. The van der Waals surface area contributed by atoms with Crippen LogP contribution in [0.3, 0.4) is 0 Å². The molecule has 0 spiro atoms. The Morgan fingerprint density at radius 1 is 1.16 bits per heavy atom. The lowest BCUT2D eigenvalue weighted by Gasteiger charge is -2.46. The molecule has 110 valence electrons. The highest BCUT2D eigenvalue weighted by molar-refractivity contribution is 5.03. The minimum Gasteiger partial charge on any atom is -0.329 e. The van der Waals surface area contributed by atoms with Crippen molar-refractivity contribution in [2.75, 3.05) is 19.6 Å². The van der Waals surface area contributed by atoms with Crippen LogP contribution < -0.4 is 11.1 Å². The minimum absolute atomic E-state index is 0.233. The first-order valence-corrected chi connectivity index (χ1v) is 8.24. The van der Waals surface area contributed by atoms with Crippen LogP contribution in [0.5, 0.6) is 0 Å². The lowest BCUT2D eigenvalue weighted by atomic mass is 9.82. The predicted molar refractivity (Wildman–Crippen MR) is 80.2 cm³/mol. The molecule has 3 heteroatoms. The van der Waals surface area contributed by atoms with E-state index in [4.69, 9.17) is 5.73 Å². The van der Waals surface area contributed by atoms with Gasteiger partial charge in [0.05, 0.1) is 0 Å². The molecule has 0 radical (unpaired) electrons. The van der Waals surface area contributed by atoms with Gasteiger partial charge in [0.1, 0.15) is 0 Å². The van der Waals surface area contributed by atoms with Crippen LogP contribution in [0.2, 0.25) is 0 Å². The van der Waals surface area contributed by atoms with Gasteiger partial charge in [-0.05, 0) is 56.9 Å². The monoisotopic (exact) mass is 265 g/mol. The maximum atomic E-state index is 6.19. The molecular weight excluding hydrogens is 234 g/mol. The van der Waals surface area contributed by atoms with Gasteiger partial charge < -0.3 is 16.0 Å². The van der Waals surface area contributed by atoms with Gasteiger partial charge in [0.2, 0.25) is 0 Å². The molecule has 1 saturated carbocycles. The predicted octanol–water partition coefficient (Wildman–Crippen LogP) is 2.11. The van der Waals surface area contributed by atoms with Gasteiger partial charge in [-0.1, -0.05) is 13.8 Å². The first kappa shape index (κ1) is 13.8. The molecule has 3 N–H and O–H groups in total. The Hall–Kier alpha value is -0.120. The molecule has 3 atom stereocenters. The molecule has 0 aromatic heterocycles. The number of nitrogens with one attached hydrogen (secondary N) is 1. The number of nitrogens with two attached hydrogens (primary N) is 1. The highest BCUT2D eigenvalue weighted by Crippen LogP contribution is 2.39. The van der Waals surface area contributed by atoms with Crippen LogP contribution >= 0.6 is 0 Å². The van der Waals surface area contributed by atoms with Crippen molar-refractivity contribution in [2.24, 2.45) is 11.1 Å². The van der Waals surface area contributed by atoms with Crippen molar-refractivity contribution < 1.29 is 0 Å². The Morgan fingerprint density at radius 2 is 2.00 bits per heavy atom. The van der Waals surface area contributed by atoms with Crippen molar-refractivity contribution in [3.63, 3.8) is 0 Å². The Balaban J connectivity index is 1.63. The van der Waals surface area contributed by atoms with Crippen LogP contribution in [0.25, 0.3) is 0 Å². The maximum absolute atomic E-state index is 6.19. The van der Waals surface area contributed by atoms with E-state index in [9.17, 15) is 0 Å². The fraction of sp³-hybridized carbons (Fsp3) is 1.00. The van der Waals surface area contributed by atoms with Gasteiger partial charge in [0.25, 0.3) is 0 Å². The molecule has 0 amide bonds. The first-order chi connectivity index (χ1) is 9.02. The summed E-state index contributed by atoms with van der Waals surface area (Å²) in [5.41, 5.74) is 6.95. The first-order valence-electron chi connectivity index (χ1n) is 8.24. The zero-order valence-corrected chi connectivity index (χ0v) is 12.8. The largest absolute Gasteiger partial charge is 0.329 e. The topological polar surface area (TPSA) is 41.3 Å². The molecule has 2 aliphatic heterocycles. The molecule has 0 aromatic rings. The number of hydrogen-bond acceptors (Lipinski definition) is 3. The molecule has 2 saturated heterocycles. The van der Waals surface area contributed by atoms with Gasteiger partial charge in [-0.2, -0.15) is 0 Å². The van der Waals surface area contributed by atoms with Crippen LogP contribution in [0.1, 0.15) is 58.8 Å². The summed E-state index contributed by atoms with van der Waals surface area (Å²) in [4.78, 5) is 2.69. The molecule has 1 aliphatic carbocycles. The van der Waals surface area contributed by atoms with E-state index in [2.05, 4.69) is 24.1 Å². The second-order valence-corrected chi connectivity index (χ2v) is 8.02. The maximum Gasteiger partial charge on any atom is 0.0333 e. The SMILES string of the molecule is CC1(C)CCC(NC2(CN)CCN3CCCC3C2)C1. The van der Waals surface area contributed by atoms with Crippen molar-refractivity contribution in [1.29, 1.82) is 0 Å². The van der Waals surface area contributed by atoms with Crippen molar-refractivity contribution in [3.05, 3.63) is 0 Å². The summed E-state index contributed by atoms with van der Waals surface area (Å²) in [5, 5.41) is 4.00. The average Bonchev–Trinajstić information content (AvgIpc) is 2.95. The van der Waals surface area contributed by atoms with Crippen molar-refractivity contribution >= 4 is 0 Å². The Bertz CT molecular complexity index is 328. The van der Waals surface area contributed by atoms with Gasteiger partial charge in [0.15, 0.2) is 0 Å². The van der Waals surface area contributed by atoms with Gasteiger partial charge in [0, 0.05) is 30.7 Å². The van der Waals surface area contributed by atoms with Crippen molar-refractivity contribution in [1.82, 2.24) is 10.2 Å². The molecule has 0 bridgehead atoms. The molecule has 0 aromatic carbocycles. The zero-order valence-electron chi connectivity index (χ0n) is 12.8. The molecule has 2 heterocycles. The van der Waals surface area contributed by atoms with E-state index in [0.29, 0.717) is 11.5 Å². The summed E-state index contributed by atoms with van der Waals surface area (Å²) < 4.78 is 0. The molecule has 3 unspecified atom stereocenters. The third-order valence-electron chi connectivity index (χ3n) is 5.87. The molecule has 3 nitrogen and oxygen atoms in total. The number of fused-ring (bicyclic) bond motifs is 1. The van der Waals surface area contributed by atoms with Crippen molar-refractivity contribution in [3.8, 4) is 0 Å². The third kappa shape index (κ3) is 2.84. The second-order valence-electron chi connectivity index (χ2n) is 8.02. The minimum atomic E-state index is 0.233. The molecular formula is C16H31N3. The Labute approximate surface area is 118 Å². The van der Waals surface area contributed by atoms with Crippen LogP contribution in [-0.2, 0) is 0 Å². The lowest BCUT2D eigenvalue weighted by Crippen LogP contribution is -2.61. The van der Waals surface area contributed by atoms with Gasteiger partial charge in [-0.3, -0.25) is 0 Å². The van der Waals surface area contributed by atoms with E-state index >= 15 is 0 Å². The number of nitrogens with zero attached hydrogens (tertiary/aromatic N) is 1. The summed E-state index contributed by atoms with van der Waals surface area (Å²) in [7, 11) is 0. The quantitative estimate of drug-likeness (QED) is 0.821. The van der Waals surface area contributed by atoms with E-state index in [1.165, 1.54) is 58.0 Å². The molecule has 19 heavy (non-hydrogen) atoms. The lowest BCUT2D eigenvalue weighted by molar-refractivity contribution is 0.101. The highest BCUT2D eigenvalue weighted by Gasteiger charge is 2.43. The summed E-state index contributed by atoms with van der Waals surface area (Å²) in [6, 6.07) is 1.51. The molecule has 3 aliphatic rings. The fourth-order valence-corrected chi connectivity index (χ4v) is 4.70. The van der Waals surface area contributed by atoms with E-state index in [-0.39, 0.29) is 5.54 Å². The number of rotatable bonds is 3. The fourth-order valence-electron chi connectivity index (χ4n) is 4.70. The normalized spacial score (nSPS) is 42.5. The van der Waals surface area contributed by atoms with Crippen LogP contribution in [-0.4, -0.2) is 42.2 Å². The van der Waals surface area contributed by atoms with Crippen LogP contribution in [0.15, 0.2) is 0 Å². The van der Waals surface area contributed by atoms with Gasteiger partial charge >= 0.3 is 0 Å². The summed E-state index contributed by atoms with van der Waals surface area (Å²) in [6.45, 7) is 8.20. The van der Waals surface area contributed by atoms with Crippen molar-refractivity contribution in [2.45, 2.75) is 76.4 Å². The second kappa shape index (κ2) is 5.01. The van der Waals surface area contributed by atoms with Gasteiger partial charge in [-0.25, -0.2) is 0 Å². The molecule has 3 rings (SSSR count). The number of hydrogen-bond donors (Lipinski definition) is 2. The number of piperidine rings is 1. The molecule has 3 fully saturated rings. The van der Waals surface area contributed by atoms with E-state index in [0.717, 1.165) is 12.6 Å². The highest BCUT2D eigenvalue weighted by atomic mass is 15.2. The standard InChI is InChI=1S/C16H31N3/c1-15(2)6-5-13(10-15)18-16(12-17)7-9-19-8-3-4-14(19)11-16/h13-14,18H,3-12,17H2,1-2H3. The Kier molecular flexibility index (Phi) is 3.65. The zero-order chi connectivity index (χ0) is 13.5. The van der Waals surface area contributed by atoms with E-state index in [1.54, 1.807) is 0 Å².